The van der Waals surface area contributed by atoms with Crippen molar-refractivity contribution < 1.29 is 20.9 Å². The Morgan fingerprint density at radius 2 is 1.41 bits per heavy atom. The maximum absolute atomic E-state index is 5.88. The third-order valence-electron chi connectivity index (χ3n) is 3.44. The first kappa shape index (κ1) is 16.3. The first-order valence-corrected chi connectivity index (χ1v) is 7.71. The molecule has 0 heterocycles. The largest absolute Gasteiger partial charge is 0.487 e. The van der Waals surface area contributed by atoms with Crippen LogP contribution in [-0.2, 0) is 0 Å². The molecule has 2 aromatic rings. The first-order valence-electron chi connectivity index (χ1n) is 7.71. The Hall–Kier alpha value is -2.04. The summed E-state index contributed by atoms with van der Waals surface area (Å²) in [5, 5.41) is 0. The molecule has 0 amide bonds. The lowest BCUT2D eigenvalue weighted by Gasteiger charge is -2.15. The zero-order valence-corrected chi connectivity index (χ0v) is 13.5. The molecule has 4 heteroatoms. The van der Waals surface area contributed by atoms with Gasteiger partial charge in [0.1, 0.15) is 37.8 Å². The highest BCUT2D eigenvalue weighted by Crippen LogP contribution is 2.36. The Kier molecular flexibility index (Phi) is 5.81. The van der Waals surface area contributed by atoms with Gasteiger partial charge in [-0.05, 0) is 37.1 Å². The Morgan fingerprint density at radius 3 is 2.00 bits per heavy atom. The summed E-state index contributed by atoms with van der Waals surface area (Å²) in [5.74, 6) is 1.77. The molecule has 0 aliphatic heterocycles. The van der Waals surface area contributed by atoms with Crippen LogP contribution >= 0.6 is 0 Å². The van der Waals surface area contributed by atoms with Crippen LogP contribution in [-0.4, -0.2) is 26.3 Å². The van der Waals surface area contributed by atoms with Gasteiger partial charge in [-0.1, -0.05) is 29.8 Å². The summed E-state index contributed by atoms with van der Waals surface area (Å²) in [4.78, 5) is 0. The lowest BCUT2D eigenvalue weighted by Crippen LogP contribution is -2.52. The Bertz CT molecular complexity index is 609. The van der Waals surface area contributed by atoms with Gasteiger partial charge in [-0.2, -0.15) is 0 Å². The van der Waals surface area contributed by atoms with Gasteiger partial charge >= 0.3 is 0 Å². The van der Waals surface area contributed by atoms with E-state index in [0.717, 1.165) is 41.3 Å². The minimum absolute atomic E-state index is 0.609. The van der Waals surface area contributed by atoms with Gasteiger partial charge in [0.2, 0.25) is 0 Å². The van der Waals surface area contributed by atoms with Crippen LogP contribution in [0.2, 0.25) is 0 Å². The molecule has 0 aromatic heterocycles. The minimum Gasteiger partial charge on any atom is -0.487 e. The van der Waals surface area contributed by atoms with E-state index in [1.165, 1.54) is 5.56 Å². The number of ether oxygens (including phenoxy) is 2. The summed E-state index contributed by atoms with van der Waals surface area (Å²) in [5.41, 5.74) is 12.2. The van der Waals surface area contributed by atoms with Crippen LogP contribution in [0.25, 0.3) is 11.1 Å². The lowest BCUT2D eigenvalue weighted by molar-refractivity contribution is -0.371. The van der Waals surface area contributed by atoms with Crippen molar-refractivity contribution in [3.8, 4) is 22.6 Å². The molecular formula is C18H26N2O2+2. The summed E-state index contributed by atoms with van der Waals surface area (Å²) in [6, 6.07) is 12.6. The topological polar surface area (TPSA) is 73.7 Å². The van der Waals surface area contributed by atoms with E-state index < -0.39 is 0 Å². The van der Waals surface area contributed by atoms with Crippen LogP contribution in [0.4, 0.5) is 0 Å². The fourth-order valence-electron chi connectivity index (χ4n) is 2.26. The molecule has 0 saturated carbocycles. The second-order valence-corrected chi connectivity index (χ2v) is 5.38. The number of quaternary nitrogens is 2. The number of benzene rings is 2. The first-order chi connectivity index (χ1) is 10.7. The molecule has 0 bridgehead atoms. The van der Waals surface area contributed by atoms with Crippen molar-refractivity contribution in [1.29, 1.82) is 0 Å². The Morgan fingerprint density at radius 1 is 0.818 bits per heavy atom. The maximum atomic E-state index is 5.88. The molecule has 0 unspecified atom stereocenters. The van der Waals surface area contributed by atoms with Crippen molar-refractivity contribution >= 4 is 0 Å². The molecule has 2 rings (SSSR count). The predicted molar refractivity (Wildman–Crippen MR) is 87.9 cm³/mol. The van der Waals surface area contributed by atoms with Gasteiger partial charge in [-0.15, -0.1) is 0 Å². The summed E-state index contributed by atoms with van der Waals surface area (Å²) in [7, 11) is 0. The van der Waals surface area contributed by atoms with Crippen molar-refractivity contribution in [2.24, 2.45) is 0 Å². The van der Waals surface area contributed by atoms with E-state index in [2.05, 4.69) is 48.7 Å². The number of rotatable bonds is 7. The fraction of sp³-hybridized carbons (Fsp3) is 0.333. The molecule has 22 heavy (non-hydrogen) atoms. The molecule has 0 fully saturated rings. The van der Waals surface area contributed by atoms with Crippen molar-refractivity contribution in [3.63, 3.8) is 0 Å². The molecule has 0 atom stereocenters. The van der Waals surface area contributed by atoms with E-state index in [-0.39, 0.29) is 0 Å². The molecule has 2 aromatic carbocycles. The van der Waals surface area contributed by atoms with Crippen molar-refractivity contribution in [2.45, 2.75) is 13.8 Å². The molecule has 118 valence electrons. The van der Waals surface area contributed by atoms with Crippen molar-refractivity contribution in [2.75, 3.05) is 26.3 Å². The van der Waals surface area contributed by atoms with Crippen LogP contribution in [0.1, 0.15) is 11.1 Å². The smallest absolute Gasteiger partial charge is 0.137 e. The molecule has 0 aliphatic carbocycles. The molecule has 0 aliphatic rings. The molecule has 6 N–H and O–H groups in total. The molecular weight excluding hydrogens is 276 g/mol. The molecule has 0 radical (unpaired) electrons. The lowest BCUT2D eigenvalue weighted by atomic mass is 10.0. The second-order valence-electron chi connectivity index (χ2n) is 5.38. The van der Waals surface area contributed by atoms with Gasteiger partial charge < -0.3 is 20.9 Å². The van der Waals surface area contributed by atoms with Gasteiger partial charge in [-0.25, -0.2) is 0 Å². The highest BCUT2D eigenvalue weighted by Gasteiger charge is 2.12. The third-order valence-corrected chi connectivity index (χ3v) is 3.44. The van der Waals surface area contributed by atoms with Gasteiger partial charge in [0, 0.05) is 5.56 Å². The van der Waals surface area contributed by atoms with E-state index in [9.17, 15) is 0 Å². The standard InChI is InChI=1S/C18H24N2O2/c1-13-3-5-15(6-4-13)16-12-17(21-9-7-19)14(2)11-18(16)22-10-8-20/h3-6,11-12H,7-10,19-20H2,1-2H3/p+2. The second kappa shape index (κ2) is 7.82. The SMILES string of the molecule is Cc1ccc(-c2cc(OCC[NH3+])c(C)cc2OCC[NH3+])cc1. The van der Waals surface area contributed by atoms with E-state index in [0.29, 0.717) is 13.2 Å². The fourth-order valence-corrected chi connectivity index (χ4v) is 2.26. The minimum atomic E-state index is 0.609. The summed E-state index contributed by atoms with van der Waals surface area (Å²) in [6.45, 7) is 6.84. The Balaban J connectivity index is 2.43. The summed E-state index contributed by atoms with van der Waals surface area (Å²) in [6.07, 6.45) is 0. The van der Waals surface area contributed by atoms with Crippen LogP contribution in [0.3, 0.4) is 0 Å². The van der Waals surface area contributed by atoms with Gasteiger partial charge in [0.15, 0.2) is 0 Å². The maximum Gasteiger partial charge on any atom is 0.137 e. The number of hydrogen-bond acceptors (Lipinski definition) is 2. The zero-order valence-electron chi connectivity index (χ0n) is 13.5. The zero-order chi connectivity index (χ0) is 15.9. The predicted octanol–water partition coefficient (Wildman–Crippen LogP) is 1.21. The summed E-state index contributed by atoms with van der Waals surface area (Å²) >= 11 is 0. The Labute approximate surface area is 132 Å². The van der Waals surface area contributed by atoms with E-state index >= 15 is 0 Å². The van der Waals surface area contributed by atoms with E-state index in [4.69, 9.17) is 9.47 Å². The van der Waals surface area contributed by atoms with Crippen molar-refractivity contribution in [3.05, 3.63) is 47.5 Å². The highest BCUT2D eigenvalue weighted by molar-refractivity contribution is 5.73. The normalized spacial score (nSPS) is 10.5. The van der Waals surface area contributed by atoms with E-state index in [1.54, 1.807) is 0 Å². The molecule has 4 nitrogen and oxygen atoms in total. The van der Waals surface area contributed by atoms with Crippen LogP contribution in [0.5, 0.6) is 11.5 Å². The van der Waals surface area contributed by atoms with Crippen LogP contribution in [0, 0.1) is 13.8 Å². The quantitative estimate of drug-likeness (QED) is 0.807. The number of hydrogen-bond donors (Lipinski definition) is 2. The summed E-state index contributed by atoms with van der Waals surface area (Å²) < 4.78 is 11.7. The number of aryl methyl sites for hydroxylation is 2. The van der Waals surface area contributed by atoms with Crippen molar-refractivity contribution in [1.82, 2.24) is 0 Å². The average Bonchev–Trinajstić information content (AvgIpc) is 2.53. The van der Waals surface area contributed by atoms with E-state index in [1.807, 2.05) is 13.0 Å². The van der Waals surface area contributed by atoms with Gasteiger partial charge in [-0.3, -0.25) is 0 Å². The molecule has 0 saturated heterocycles. The van der Waals surface area contributed by atoms with Crippen LogP contribution < -0.4 is 20.9 Å². The monoisotopic (exact) mass is 302 g/mol. The third kappa shape index (κ3) is 4.00. The van der Waals surface area contributed by atoms with Crippen LogP contribution in [0.15, 0.2) is 36.4 Å². The molecule has 0 spiro atoms. The average molecular weight is 302 g/mol. The highest BCUT2D eigenvalue weighted by atomic mass is 16.5. The van der Waals surface area contributed by atoms with Gasteiger partial charge in [0.25, 0.3) is 0 Å². The van der Waals surface area contributed by atoms with Gasteiger partial charge in [0.05, 0.1) is 0 Å².